The third-order valence-electron chi connectivity index (χ3n) is 5.88. The Hall–Kier alpha value is -4.91. The standard InChI is InChI=1S/C36H41N3O4/c1-3-4-5-6-7-8-9-10-11-12-13-14-15-16-17-18-19-20-21-35(41)43-34-27-26-32(28-33(34)29(2)40)39-38-31-24-22-30(23-25-31)36(37)42/h4-5,7-8,10-11,13-14,16-17,19-20,22-28H,3,6,9,12,15,18,21H2,1-2H3,(H2,37,42)/b5-4-,8-7-,11-10-,14-13-,17-16-,20-19-,39-38?. The summed E-state index contributed by atoms with van der Waals surface area (Å²) in [6.45, 7) is 3.53. The highest BCUT2D eigenvalue weighted by atomic mass is 16.5. The Kier molecular flexibility index (Phi) is 16.7. The lowest BCUT2D eigenvalue weighted by atomic mass is 10.1. The third kappa shape index (κ3) is 15.0. The zero-order valence-corrected chi connectivity index (χ0v) is 25.0. The highest BCUT2D eigenvalue weighted by molar-refractivity contribution is 5.98. The van der Waals surface area contributed by atoms with Crippen molar-refractivity contribution in [1.82, 2.24) is 0 Å². The quantitative estimate of drug-likeness (QED) is 0.0623. The SMILES string of the molecule is CC/C=C\C/C=C\C/C=C\C/C=C\C/C=C\C/C=C\CC(=O)Oc1ccc(N=Nc2ccc(C(N)=O)cc2)cc1C(C)=O. The number of nitrogens with zero attached hydrogens (tertiary/aromatic N) is 2. The highest BCUT2D eigenvalue weighted by Crippen LogP contribution is 2.27. The summed E-state index contributed by atoms with van der Waals surface area (Å²) in [5.74, 6) is -1.08. The van der Waals surface area contributed by atoms with Crippen LogP contribution in [0.1, 0.15) is 79.5 Å². The summed E-state index contributed by atoms with van der Waals surface area (Å²) in [6.07, 6.45) is 30.8. The lowest BCUT2D eigenvalue weighted by Gasteiger charge is -2.08. The molecule has 0 bridgehead atoms. The maximum atomic E-state index is 12.3. The van der Waals surface area contributed by atoms with E-state index in [1.54, 1.807) is 36.4 Å². The Morgan fingerprint density at radius 2 is 1.14 bits per heavy atom. The van der Waals surface area contributed by atoms with Gasteiger partial charge in [-0.1, -0.05) is 79.8 Å². The summed E-state index contributed by atoms with van der Waals surface area (Å²) in [7, 11) is 0. The number of azo groups is 1. The fourth-order valence-electron chi connectivity index (χ4n) is 3.62. The van der Waals surface area contributed by atoms with Gasteiger partial charge in [0.2, 0.25) is 5.91 Å². The van der Waals surface area contributed by atoms with Crippen LogP contribution < -0.4 is 10.5 Å². The molecule has 0 heterocycles. The van der Waals surface area contributed by atoms with Crippen LogP contribution in [0.25, 0.3) is 0 Å². The van der Waals surface area contributed by atoms with Crippen LogP contribution in [0.4, 0.5) is 11.4 Å². The van der Waals surface area contributed by atoms with Gasteiger partial charge in [-0.05, 0) is 87.9 Å². The zero-order chi connectivity index (χ0) is 31.1. The first-order chi connectivity index (χ1) is 20.9. The first-order valence-corrected chi connectivity index (χ1v) is 14.5. The van der Waals surface area contributed by atoms with E-state index < -0.39 is 11.9 Å². The van der Waals surface area contributed by atoms with Crippen LogP contribution in [0, 0.1) is 0 Å². The number of carbonyl (C=O) groups is 3. The summed E-state index contributed by atoms with van der Waals surface area (Å²) < 4.78 is 5.43. The molecule has 0 aliphatic heterocycles. The van der Waals surface area contributed by atoms with Gasteiger partial charge in [-0.2, -0.15) is 10.2 Å². The number of esters is 1. The van der Waals surface area contributed by atoms with E-state index in [0.717, 1.165) is 32.1 Å². The third-order valence-corrected chi connectivity index (χ3v) is 5.88. The number of amides is 1. The molecule has 0 spiro atoms. The van der Waals surface area contributed by atoms with Crippen LogP contribution in [-0.4, -0.2) is 17.7 Å². The minimum atomic E-state index is -0.527. The minimum absolute atomic E-state index is 0.0881. The van der Waals surface area contributed by atoms with Gasteiger partial charge < -0.3 is 10.5 Å². The molecule has 0 fully saturated rings. The number of ether oxygens (including phenoxy) is 1. The van der Waals surface area contributed by atoms with E-state index in [0.29, 0.717) is 23.4 Å². The van der Waals surface area contributed by atoms with Crippen LogP contribution in [0.2, 0.25) is 0 Å². The van der Waals surface area contributed by atoms with Gasteiger partial charge in [-0.15, -0.1) is 0 Å². The summed E-state index contributed by atoms with van der Waals surface area (Å²) in [4.78, 5) is 35.7. The largest absolute Gasteiger partial charge is 0.426 e. The average molecular weight is 580 g/mol. The number of Topliss-reactive ketones (excluding diaryl/α,β-unsaturated/α-hetero) is 1. The van der Waals surface area contributed by atoms with Crippen LogP contribution in [-0.2, 0) is 4.79 Å². The number of allylic oxidation sites excluding steroid dienone is 11. The van der Waals surface area contributed by atoms with E-state index in [9.17, 15) is 14.4 Å². The van der Waals surface area contributed by atoms with Gasteiger partial charge in [0.1, 0.15) is 5.75 Å². The molecule has 2 aromatic carbocycles. The average Bonchev–Trinajstić information content (AvgIpc) is 3.00. The summed E-state index contributed by atoms with van der Waals surface area (Å²) in [5, 5.41) is 8.24. The van der Waals surface area contributed by atoms with E-state index in [1.807, 2.05) is 12.2 Å². The number of ketones is 1. The van der Waals surface area contributed by atoms with Crippen molar-refractivity contribution in [3.05, 3.63) is 127 Å². The molecule has 43 heavy (non-hydrogen) atoms. The monoisotopic (exact) mass is 579 g/mol. The maximum absolute atomic E-state index is 12.3. The fourth-order valence-corrected chi connectivity index (χ4v) is 3.62. The van der Waals surface area contributed by atoms with Crippen molar-refractivity contribution in [3.63, 3.8) is 0 Å². The van der Waals surface area contributed by atoms with Gasteiger partial charge in [0.25, 0.3) is 0 Å². The number of carbonyl (C=O) groups excluding carboxylic acids is 3. The lowest BCUT2D eigenvalue weighted by molar-refractivity contribution is -0.133. The van der Waals surface area contributed by atoms with Gasteiger partial charge in [0, 0.05) is 5.56 Å². The molecule has 0 aliphatic carbocycles. The minimum Gasteiger partial charge on any atom is -0.426 e. The normalized spacial score (nSPS) is 12.3. The van der Waals surface area contributed by atoms with Crippen molar-refractivity contribution in [3.8, 4) is 5.75 Å². The molecule has 7 heteroatoms. The number of rotatable bonds is 18. The van der Waals surface area contributed by atoms with Gasteiger partial charge in [-0.25, -0.2) is 0 Å². The molecule has 7 nitrogen and oxygen atoms in total. The van der Waals surface area contributed by atoms with Crippen molar-refractivity contribution in [2.75, 3.05) is 0 Å². The van der Waals surface area contributed by atoms with Gasteiger partial charge in [0.15, 0.2) is 5.78 Å². The topological polar surface area (TPSA) is 111 Å². The molecule has 0 saturated carbocycles. The summed E-state index contributed by atoms with van der Waals surface area (Å²) in [6, 6.07) is 11.0. The molecule has 0 unspecified atom stereocenters. The summed E-state index contributed by atoms with van der Waals surface area (Å²) >= 11 is 0. The van der Waals surface area contributed by atoms with Crippen molar-refractivity contribution >= 4 is 29.0 Å². The Morgan fingerprint density at radius 1 is 0.674 bits per heavy atom. The molecule has 0 aromatic heterocycles. The van der Waals surface area contributed by atoms with E-state index in [4.69, 9.17) is 10.5 Å². The number of benzene rings is 2. The van der Waals surface area contributed by atoms with Crippen LogP contribution in [0.5, 0.6) is 5.75 Å². The van der Waals surface area contributed by atoms with Gasteiger partial charge >= 0.3 is 5.97 Å². The lowest BCUT2D eigenvalue weighted by Crippen LogP contribution is -2.10. The Balaban J connectivity index is 1.72. The van der Waals surface area contributed by atoms with Gasteiger partial charge in [-0.3, -0.25) is 14.4 Å². The van der Waals surface area contributed by atoms with E-state index in [1.165, 1.54) is 19.1 Å². The second-order valence-electron chi connectivity index (χ2n) is 9.44. The molecule has 0 aliphatic rings. The predicted molar refractivity (Wildman–Crippen MR) is 174 cm³/mol. The first-order valence-electron chi connectivity index (χ1n) is 14.5. The summed E-state index contributed by atoms with van der Waals surface area (Å²) in [5.41, 5.74) is 6.77. The predicted octanol–water partition coefficient (Wildman–Crippen LogP) is 9.40. The molecule has 2 N–H and O–H groups in total. The van der Waals surface area contributed by atoms with Crippen LogP contribution in [0.3, 0.4) is 0 Å². The molecule has 224 valence electrons. The smallest absolute Gasteiger partial charge is 0.315 e. The second-order valence-corrected chi connectivity index (χ2v) is 9.44. The molecule has 0 radical (unpaired) electrons. The molecule has 0 atom stereocenters. The number of hydrogen-bond donors (Lipinski definition) is 1. The molecule has 2 aromatic rings. The molecular formula is C36H41N3O4. The Labute approximate surface area is 254 Å². The van der Waals surface area contributed by atoms with Crippen LogP contribution >= 0.6 is 0 Å². The second kappa shape index (κ2) is 20.9. The molecule has 2 rings (SSSR count). The van der Waals surface area contributed by atoms with E-state index >= 15 is 0 Å². The Morgan fingerprint density at radius 3 is 1.63 bits per heavy atom. The molecule has 1 amide bonds. The van der Waals surface area contributed by atoms with Crippen molar-refractivity contribution in [2.45, 2.75) is 58.8 Å². The van der Waals surface area contributed by atoms with Gasteiger partial charge in [0.05, 0.1) is 23.4 Å². The van der Waals surface area contributed by atoms with E-state index in [-0.39, 0.29) is 23.5 Å². The number of nitrogens with two attached hydrogens (primary N) is 1. The number of primary amides is 1. The highest BCUT2D eigenvalue weighted by Gasteiger charge is 2.13. The molecule has 0 saturated heterocycles. The van der Waals surface area contributed by atoms with Crippen LogP contribution in [0.15, 0.2) is 126 Å². The van der Waals surface area contributed by atoms with E-state index in [2.05, 4.69) is 71.8 Å². The fraction of sp³-hybridized carbons (Fsp3) is 0.250. The van der Waals surface area contributed by atoms with Crippen molar-refractivity contribution in [2.24, 2.45) is 16.0 Å². The Bertz CT molecular complexity index is 1390. The zero-order valence-electron chi connectivity index (χ0n) is 25.0. The molecular weight excluding hydrogens is 538 g/mol. The number of hydrogen-bond acceptors (Lipinski definition) is 6. The van der Waals surface area contributed by atoms with Crippen molar-refractivity contribution < 1.29 is 19.1 Å². The van der Waals surface area contributed by atoms with Crippen molar-refractivity contribution in [1.29, 1.82) is 0 Å². The maximum Gasteiger partial charge on any atom is 0.315 e. The first kappa shape index (κ1) is 34.3.